The summed E-state index contributed by atoms with van der Waals surface area (Å²) in [7, 11) is 0. The molecule has 1 aliphatic rings. The monoisotopic (exact) mass is 150 g/mol. The SMILES string of the molecule is C=CC1(F)OC(=O)OC1F. The fourth-order valence-electron chi connectivity index (χ4n) is 0.497. The normalized spacial score (nSPS) is 38.6. The zero-order valence-electron chi connectivity index (χ0n) is 4.84. The van der Waals surface area contributed by atoms with Crippen LogP contribution >= 0.6 is 0 Å². The van der Waals surface area contributed by atoms with E-state index in [2.05, 4.69) is 16.1 Å². The first-order valence-corrected chi connectivity index (χ1v) is 2.44. The van der Waals surface area contributed by atoms with Crippen molar-refractivity contribution in [2.24, 2.45) is 0 Å². The molecule has 0 aromatic carbocycles. The van der Waals surface area contributed by atoms with Crippen LogP contribution in [0.15, 0.2) is 12.7 Å². The van der Waals surface area contributed by atoms with Crippen LogP contribution in [0.25, 0.3) is 0 Å². The van der Waals surface area contributed by atoms with E-state index in [9.17, 15) is 13.6 Å². The van der Waals surface area contributed by atoms with Gasteiger partial charge in [-0.2, -0.15) is 8.78 Å². The quantitative estimate of drug-likeness (QED) is 0.417. The van der Waals surface area contributed by atoms with Gasteiger partial charge in [-0.15, -0.1) is 0 Å². The summed E-state index contributed by atoms with van der Waals surface area (Å²) >= 11 is 0. The van der Waals surface area contributed by atoms with Gasteiger partial charge in [-0.25, -0.2) is 4.79 Å². The lowest BCUT2D eigenvalue weighted by Crippen LogP contribution is -2.28. The molecule has 3 nitrogen and oxygen atoms in total. The Bertz CT molecular complexity index is 182. The van der Waals surface area contributed by atoms with Crippen LogP contribution in [0, 0.1) is 0 Å². The molecule has 2 atom stereocenters. The Balaban J connectivity index is 2.79. The number of hydrogen-bond acceptors (Lipinski definition) is 3. The number of alkyl halides is 2. The van der Waals surface area contributed by atoms with Gasteiger partial charge in [0.15, 0.2) is 0 Å². The van der Waals surface area contributed by atoms with Crippen molar-refractivity contribution < 1.29 is 23.0 Å². The lowest BCUT2D eigenvalue weighted by atomic mass is 10.3. The van der Waals surface area contributed by atoms with E-state index < -0.39 is 18.4 Å². The van der Waals surface area contributed by atoms with Gasteiger partial charge in [0.25, 0.3) is 0 Å². The maximum absolute atomic E-state index is 12.6. The number of rotatable bonds is 1. The van der Waals surface area contributed by atoms with Crippen LogP contribution in [0.5, 0.6) is 0 Å². The molecule has 0 aromatic heterocycles. The van der Waals surface area contributed by atoms with E-state index in [-0.39, 0.29) is 0 Å². The van der Waals surface area contributed by atoms with Crippen LogP contribution in [0.1, 0.15) is 0 Å². The molecular weight excluding hydrogens is 146 g/mol. The molecule has 10 heavy (non-hydrogen) atoms. The molecule has 56 valence electrons. The Morgan fingerprint density at radius 2 is 2.40 bits per heavy atom. The Morgan fingerprint density at radius 1 is 1.80 bits per heavy atom. The molecule has 1 aliphatic heterocycles. The van der Waals surface area contributed by atoms with Crippen molar-refractivity contribution in [1.82, 2.24) is 0 Å². The zero-order chi connectivity index (χ0) is 7.78. The molecule has 0 aliphatic carbocycles. The van der Waals surface area contributed by atoms with Gasteiger partial charge in [0.2, 0.25) is 0 Å². The van der Waals surface area contributed by atoms with Crippen LogP contribution in [0.4, 0.5) is 13.6 Å². The summed E-state index contributed by atoms with van der Waals surface area (Å²) in [6.45, 7) is 2.93. The highest BCUT2D eigenvalue weighted by molar-refractivity contribution is 5.63. The first-order chi connectivity index (χ1) is 4.58. The van der Waals surface area contributed by atoms with Crippen molar-refractivity contribution in [2.75, 3.05) is 0 Å². The van der Waals surface area contributed by atoms with Gasteiger partial charge >= 0.3 is 18.4 Å². The first kappa shape index (κ1) is 6.98. The van der Waals surface area contributed by atoms with Crippen LogP contribution in [-0.4, -0.2) is 18.4 Å². The summed E-state index contributed by atoms with van der Waals surface area (Å²) in [5, 5.41) is 0. The number of carbonyl (C=O) groups is 1. The van der Waals surface area contributed by atoms with Gasteiger partial charge in [-0.1, -0.05) is 6.58 Å². The highest BCUT2D eigenvalue weighted by atomic mass is 19.2. The smallest absolute Gasteiger partial charge is 0.391 e. The maximum atomic E-state index is 12.6. The topological polar surface area (TPSA) is 35.5 Å². The first-order valence-electron chi connectivity index (χ1n) is 2.44. The summed E-state index contributed by atoms with van der Waals surface area (Å²) < 4.78 is 32.3. The molecule has 1 rings (SSSR count). The number of hydrogen-bond donors (Lipinski definition) is 0. The van der Waals surface area contributed by atoms with E-state index in [1.54, 1.807) is 0 Å². The number of halogens is 2. The fraction of sp³-hybridized carbons (Fsp3) is 0.400. The summed E-state index contributed by atoms with van der Waals surface area (Å²) in [6.07, 6.45) is -3.24. The van der Waals surface area contributed by atoms with Gasteiger partial charge in [0.1, 0.15) is 0 Å². The lowest BCUT2D eigenvalue weighted by molar-refractivity contribution is -0.0987. The molecule has 0 saturated carbocycles. The third kappa shape index (κ3) is 0.832. The minimum Gasteiger partial charge on any atom is -0.391 e. The molecule has 2 unspecified atom stereocenters. The van der Waals surface area contributed by atoms with Crippen molar-refractivity contribution in [1.29, 1.82) is 0 Å². The van der Waals surface area contributed by atoms with Gasteiger partial charge in [-0.05, 0) is 6.08 Å². The van der Waals surface area contributed by atoms with Crippen LogP contribution in [0.2, 0.25) is 0 Å². The van der Waals surface area contributed by atoms with E-state index in [0.29, 0.717) is 6.08 Å². The van der Waals surface area contributed by atoms with Gasteiger partial charge in [0, 0.05) is 0 Å². The van der Waals surface area contributed by atoms with Gasteiger partial charge in [-0.3, -0.25) is 0 Å². The van der Waals surface area contributed by atoms with Crippen molar-refractivity contribution in [2.45, 2.75) is 12.2 Å². The van der Waals surface area contributed by atoms with Gasteiger partial charge < -0.3 is 9.47 Å². The van der Waals surface area contributed by atoms with Crippen molar-refractivity contribution >= 4 is 6.16 Å². The second kappa shape index (κ2) is 1.93. The van der Waals surface area contributed by atoms with Crippen LogP contribution in [-0.2, 0) is 9.47 Å². The number of cyclic esters (lactones) is 2. The van der Waals surface area contributed by atoms with E-state index in [4.69, 9.17) is 0 Å². The average Bonchev–Trinajstić information content (AvgIpc) is 2.09. The van der Waals surface area contributed by atoms with E-state index in [0.717, 1.165) is 0 Å². The molecule has 0 N–H and O–H groups in total. The Morgan fingerprint density at radius 3 is 2.60 bits per heavy atom. The molecule has 0 spiro atoms. The number of carbonyl (C=O) groups excluding carboxylic acids is 1. The summed E-state index contributed by atoms with van der Waals surface area (Å²) in [5.74, 6) is -2.81. The average molecular weight is 150 g/mol. The largest absolute Gasteiger partial charge is 0.514 e. The molecule has 5 heteroatoms. The molecule has 0 aromatic rings. The lowest BCUT2D eigenvalue weighted by Gasteiger charge is -2.10. The number of ether oxygens (including phenoxy) is 2. The summed E-state index contributed by atoms with van der Waals surface area (Å²) in [5.41, 5.74) is 0. The van der Waals surface area contributed by atoms with Crippen LogP contribution < -0.4 is 0 Å². The standard InChI is InChI=1S/C5H4F2O3/c1-2-5(7)3(6)9-4(8)10-5/h2-3H,1H2. The molecule has 0 bridgehead atoms. The van der Waals surface area contributed by atoms with Crippen LogP contribution in [0.3, 0.4) is 0 Å². The molecule has 0 amide bonds. The maximum Gasteiger partial charge on any atom is 0.514 e. The predicted molar refractivity (Wildman–Crippen MR) is 26.5 cm³/mol. The van der Waals surface area contributed by atoms with E-state index in [1.807, 2.05) is 0 Å². The third-order valence-corrected chi connectivity index (χ3v) is 1.03. The highest BCUT2D eigenvalue weighted by Crippen LogP contribution is 2.30. The summed E-state index contributed by atoms with van der Waals surface area (Å²) in [6, 6.07) is 0. The second-order valence-electron chi connectivity index (χ2n) is 1.69. The zero-order valence-corrected chi connectivity index (χ0v) is 4.84. The molecule has 1 saturated heterocycles. The second-order valence-corrected chi connectivity index (χ2v) is 1.69. The third-order valence-electron chi connectivity index (χ3n) is 1.03. The summed E-state index contributed by atoms with van der Waals surface area (Å²) in [4.78, 5) is 10.1. The highest BCUT2D eigenvalue weighted by Gasteiger charge is 2.51. The van der Waals surface area contributed by atoms with Crippen molar-refractivity contribution in [3.05, 3.63) is 12.7 Å². The van der Waals surface area contributed by atoms with E-state index in [1.165, 1.54) is 0 Å². The fourth-order valence-corrected chi connectivity index (χ4v) is 0.497. The predicted octanol–water partition coefficient (Wildman–Crippen LogP) is 1.30. The minimum absolute atomic E-state index is 0.530. The van der Waals surface area contributed by atoms with Gasteiger partial charge in [0.05, 0.1) is 0 Å². The minimum atomic E-state index is -2.81. The Kier molecular flexibility index (Phi) is 1.35. The Labute approximate surface area is 55.2 Å². The molecule has 0 radical (unpaired) electrons. The Hall–Kier alpha value is -1.13. The van der Waals surface area contributed by atoms with Crippen molar-refractivity contribution in [3.63, 3.8) is 0 Å². The molecular formula is C5H4F2O3. The van der Waals surface area contributed by atoms with Crippen molar-refractivity contribution in [3.8, 4) is 0 Å². The molecule has 1 fully saturated rings. The molecule has 1 heterocycles. The van der Waals surface area contributed by atoms with E-state index >= 15 is 0 Å².